The summed E-state index contributed by atoms with van der Waals surface area (Å²) >= 11 is 12.0. The predicted molar refractivity (Wildman–Crippen MR) is 75.4 cm³/mol. The molecule has 1 unspecified atom stereocenters. The van der Waals surface area contributed by atoms with Gasteiger partial charge in [-0.25, -0.2) is 0 Å². The molecule has 0 aromatic heterocycles. The summed E-state index contributed by atoms with van der Waals surface area (Å²) in [4.78, 5) is 2.37. The van der Waals surface area contributed by atoms with E-state index in [1.54, 1.807) is 6.07 Å². The number of nitrogens with two attached hydrogens (primary N) is 1. The summed E-state index contributed by atoms with van der Waals surface area (Å²) < 4.78 is 5.54. The number of morpholine rings is 1. The van der Waals surface area contributed by atoms with Gasteiger partial charge in [0.1, 0.15) is 0 Å². The number of nitrogens with zero attached hydrogens (tertiary/aromatic N) is 1. The third-order valence-electron chi connectivity index (χ3n) is 3.20. The molecule has 1 aromatic rings. The number of benzene rings is 1. The molecule has 3 nitrogen and oxygen atoms in total. The Morgan fingerprint density at radius 3 is 2.94 bits per heavy atom. The van der Waals surface area contributed by atoms with E-state index in [-0.39, 0.29) is 6.10 Å². The van der Waals surface area contributed by atoms with E-state index < -0.39 is 0 Å². The zero-order valence-electron chi connectivity index (χ0n) is 10.2. The molecule has 5 heteroatoms. The Labute approximate surface area is 118 Å². The summed E-state index contributed by atoms with van der Waals surface area (Å²) in [5.74, 6) is 0. The third kappa shape index (κ3) is 3.84. The first-order valence-electron chi connectivity index (χ1n) is 6.17. The Bertz CT molecular complexity index is 401. The SMILES string of the molecule is NCC1CN(CCc2ccc(Cl)cc2Cl)CCO1. The minimum Gasteiger partial charge on any atom is -0.374 e. The molecule has 1 fully saturated rings. The first kappa shape index (κ1) is 14.1. The lowest BCUT2D eigenvalue weighted by atomic mass is 10.1. The van der Waals surface area contributed by atoms with E-state index in [4.69, 9.17) is 33.7 Å². The maximum atomic E-state index is 6.16. The van der Waals surface area contributed by atoms with Crippen LogP contribution in [0, 0.1) is 0 Å². The maximum absolute atomic E-state index is 6.16. The van der Waals surface area contributed by atoms with Crippen molar-refractivity contribution in [2.45, 2.75) is 12.5 Å². The standard InChI is InChI=1S/C13H18Cl2N2O/c14-11-2-1-10(13(15)7-11)3-4-17-5-6-18-12(8-16)9-17/h1-2,7,12H,3-6,8-9,16H2. The van der Waals surface area contributed by atoms with Crippen LogP contribution in [0.5, 0.6) is 0 Å². The van der Waals surface area contributed by atoms with Gasteiger partial charge in [0, 0.05) is 36.2 Å². The second-order valence-electron chi connectivity index (χ2n) is 4.51. The van der Waals surface area contributed by atoms with E-state index in [1.807, 2.05) is 12.1 Å². The molecule has 0 saturated carbocycles. The fraction of sp³-hybridized carbons (Fsp3) is 0.538. The molecule has 18 heavy (non-hydrogen) atoms. The summed E-state index contributed by atoms with van der Waals surface area (Å²) in [6.45, 7) is 4.18. The van der Waals surface area contributed by atoms with Gasteiger partial charge in [-0.05, 0) is 24.1 Å². The molecule has 100 valence electrons. The highest BCUT2D eigenvalue weighted by atomic mass is 35.5. The van der Waals surface area contributed by atoms with Crippen LogP contribution in [0.1, 0.15) is 5.56 Å². The normalized spacial score (nSPS) is 21.2. The summed E-state index contributed by atoms with van der Waals surface area (Å²) in [6, 6.07) is 5.66. The highest BCUT2D eigenvalue weighted by molar-refractivity contribution is 6.35. The number of rotatable bonds is 4. The predicted octanol–water partition coefficient (Wildman–Crippen LogP) is 2.20. The first-order valence-corrected chi connectivity index (χ1v) is 6.92. The molecule has 0 amide bonds. The molecule has 1 aliphatic heterocycles. The Balaban J connectivity index is 1.87. The van der Waals surface area contributed by atoms with E-state index in [9.17, 15) is 0 Å². The molecule has 2 rings (SSSR count). The molecule has 0 spiro atoms. The Hall–Kier alpha value is -0.320. The molecular weight excluding hydrogens is 271 g/mol. The minimum absolute atomic E-state index is 0.166. The number of ether oxygens (including phenoxy) is 1. The van der Waals surface area contributed by atoms with Gasteiger partial charge in [-0.3, -0.25) is 4.90 Å². The largest absolute Gasteiger partial charge is 0.374 e. The van der Waals surface area contributed by atoms with Gasteiger partial charge in [-0.2, -0.15) is 0 Å². The molecule has 1 saturated heterocycles. The van der Waals surface area contributed by atoms with Gasteiger partial charge in [0.25, 0.3) is 0 Å². The molecule has 0 aliphatic carbocycles. The minimum atomic E-state index is 0.166. The van der Waals surface area contributed by atoms with Crippen LogP contribution < -0.4 is 5.73 Å². The van der Waals surface area contributed by atoms with Gasteiger partial charge in [0.05, 0.1) is 12.7 Å². The van der Waals surface area contributed by atoms with Crippen molar-refractivity contribution in [2.24, 2.45) is 5.73 Å². The highest BCUT2D eigenvalue weighted by Crippen LogP contribution is 2.21. The van der Waals surface area contributed by atoms with Crippen LogP contribution in [-0.4, -0.2) is 43.8 Å². The first-order chi connectivity index (χ1) is 8.69. The number of hydrogen-bond acceptors (Lipinski definition) is 3. The van der Waals surface area contributed by atoms with Crippen molar-refractivity contribution in [3.63, 3.8) is 0 Å². The molecule has 0 bridgehead atoms. The van der Waals surface area contributed by atoms with Crippen LogP contribution in [0.4, 0.5) is 0 Å². The molecule has 1 aliphatic rings. The zero-order valence-corrected chi connectivity index (χ0v) is 11.8. The van der Waals surface area contributed by atoms with Gasteiger partial charge < -0.3 is 10.5 Å². The van der Waals surface area contributed by atoms with E-state index in [0.29, 0.717) is 11.6 Å². The molecule has 2 N–H and O–H groups in total. The van der Waals surface area contributed by atoms with Gasteiger partial charge in [0.15, 0.2) is 0 Å². The lowest BCUT2D eigenvalue weighted by molar-refractivity contribution is -0.0226. The van der Waals surface area contributed by atoms with Crippen LogP contribution in [-0.2, 0) is 11.2 Å². The second-order valence-corrected chi connectivity index (χ2v) is 5.36. The monoisotopic (exact) mass is 288 g/mol. The summed E-state index contributed by atoms with van der Waals surface area (Å²) in [6.07, 6.45) is 1.09. The summed E-state index contributed by atoms with van der Waals surface area (Å²) in [5, 5.41) is 1.42. The molecule has 1 heterocycles. The van der Waals surface area contributed by atoms with E-state index in [1.165, 1.54) is 0 Å². The molecule has 1 aromatic carbocycles. The van der Waals surface area contributed by atoms with Gasteiger partial charge in [-0.1, -0.05) is 29.3 Å². The molecule has 0 radical (unpaired) electrons. The van der Waals surface area contributed by atoms with Crippen molar-refractivity contribution < 1.29 is 4.74 Å². The van der Waals surface area contributed by atoms with Gasteiger partial charge in [-0.15, -0.1) is 0 Å². The second kappa shape index (κ2) is 6.73. The van der Waals surface area contributed by atoms with Crippen LogP contribution in [0.25, 0.3) is 0 Å². The fourth-order valence-electron chi connectivity index (χ4n) is 2.13. The average Bonchev–Trinajstić information content (AvgIpc) is 2.38. The van der Waals surface area contributed by atoms with Crippen LogP contribution in [0.3, 0.4) is 0 Å². The summed E-state index contributed by atoms with van der Waals surface area (Å²) in [7, 11) is 0. The average molecular weight is 289 g/mol. The van der Waals surface area contributed by atoms with E-state index >= 15 is 0 Å². The van der Waals surface area contributed by atoms with Gasteiger partial charge in [0.2, 0.25) is 0 Å². The van der Waals surface area contributed by atoms with Crippen LogP contribution in [0.2, 0.25) is 10.0 Å². The third-order valence-corrected chi connectivity index (χ3v) is 3.79. The van der Waals surface area contributed by atoms with Crippen molar-refractivity contribution in [1.29, 1.82) is 0 Å². The lowest BCUT2D eigenvalue weighted by Crippen LogP contribution is -2.46. The molecular formula is C13H18Cl2N2O. The fourth-order valence-corrected chi connectivity index (χ4v) is 2.63. The van der Waals surface area contributed by atoms with Crippen molar-refractivity contribution in [3.05, 3.63) is 33.8 Å². The topological polar surface area (TPSA) is 38.5 Å². The maximum Gasteiger partial charge on any atom is 0.0824 e. The van der Waals surface area contributed by atoms with E-state index in [0.717, 1.165) is 43.2 Å². The Morgan fingerprint density at radius 2 is 2.22 bits per heavy atom. The van der Waals surface area contributed by atoms with Crippen molar-refractivity contribution in [3.8, 4) is 0 Å². The zero-order chi connectivity index (χ0) is 13.0. The van der Waals surface area contributed by atoms with Crippen LogP contribution in [0.15, 0.2) is 18.2 Å². The van der Waals surface area contributed by atoms with Crippen molar-refractivity contribution in [1.82, 2.24) is 4.90 Å². The van der Waals surface area contributed by atoms with E-state index in [2.05, 4.69) is 4.90 Å². The van der Waals surface area contributed by atoms with Gasteiger partial charge >= 0.3 is 0 Å². The van der Waals surface area contributed by atoms with Crippen molar-refractivity contribution in [2.75, 3.05) is 32.8 Å². The highest BCUT2D eigenvalue weighted by Gasteiger charge is 2.18. The number of halogens is 2. The quantitative estimate of drug-likeness (QED) is 0.923. The molecule has 1 atom stereocenters. The summed E-state index contributed by atoms with van der Waals surface area (Å²) in [5.41, 5.74) is 6.76. The van der Waals surface area contributed by atoms with Crippen molar-refractivity contribution >= 4 is 23.2 Å². The smallest absolute Gasteiger partial charge is 0.0824 e. The number of hydrogen-bond donors (Lipinski definition) is 1. The Morgan fingerprint density at radius 1 is 1.39 bits per heavy atom. The Kier molecular flexibility index (Phi) is 5.27. The lowest BCUT2D eigenvalue weighted by Gasteiger charge is -2.32. The van der Waals surface area contributed by atoms with Crippen LogP contribution >= 0.6 is 23.2 Å².